The molecule has 1 N–H and O–H groups in total. The zero-order valence-electron chi connectivity index (χ0n) is 29.8. The van der Waals surface area contributed by atoms with Crippen LogP contribution in [0.4, 0.5) is 5.69 Å². The quantitative estimate of drug-likeness (QED) is 0.158. The van der Waals surface area contributed by atoms with Crippen molar-refractivity contribution in [3.05, 3.63) is 114 Å². The molecule has 0 aliphatic carbocycles. The van der Waals surface area contributed by atoms with Gasteiger partial charge in [0.15, 0.2) is 11.5 Å². The van der Waals surface area contributed by atoms with Gasteiger partial charge in [0.2, 0.25) is 11.8 Å². The predicted octanol–water partition coefficient (Wildman–Crippen LogP) is 6.16. The summed E-state index contributed by atoms with van der Waals surface area (Å²) < 4.78 is 46.4. The maximum absolute atomic E-state index is 14.8. The number of methoxy groups -OCH3 is 2. The number of benzene rings is 4. The number of carbonyl (C=O) groups excluding carboxylic acids is 2. The van der Waals surface area contributed by atoms with Crippen LogP contribution in [0.1, 0.15) is 44.4 Å². The molecule has 10 nitrogen and oxygen atoms in total. The molecular weight excluding hydrogens is 655 g/mol. The van der Waals surface area contributed by atoms with Gasteiger partial charge in [-0.1, -0.05) is 60.2 Å². The van der Waals surface area contributed by atoms with E-state index in [1.807, 2.05) is 89.2 Å². The Kier molecular flexibility index (Phi) is 12.5. The van der Waals surface area contributed by atoms with Crippen molar-refractivity contribution in [2.45, 2.75) is 64.1 Å². The van der Waals surface area contributed by atoms with E-state index in [-0.39, 0.29) is 35.2 Å². The maximum atomic E-state index is 14.8. The largest absolute Gasteiger partial charge is 0.494 e. The highest BCUT2D eigenvalue weighted by atomic mass is 32.2. The standard InChI is InChI=1S/C39H47N3O7S/c1-8-49-32-19-17-31(18-20-32)42(50(45,46)33-21-22-35(47-6)36(25-33)48-7)27-37(43)41(26-30-16-12-13-28(2)23-30)34(38(44)40-39(3,4)5)24-29-14-10-9-11-15-29/h9-23,25,34H,8,24,26-27H2,1-7H3,(H,40,44). The molecule has 266 valence electrons. The second-order valence-electron chi connectivity index (χ2n) is 12.9. The highest BCUT2D eigenvalue weighted by Crippen LogP contribution is 2.33. The van der Waals surface area contributed by atoms with Gasteiger partial charge >= 0.3 is 0 Å². The number of hydrogen-bond acceptors (Lipinski definition) is 7. The van der Waals surface area contributed by atoms with Crippen LogP contribution in [0.5, 0.6) is 17.2 Å². The molecule has 0 aromatic heterocycles. The van der Waals surface area contributed by atoms with Crippen LogP contribution in [0.2, 0.25) is 0 Å². The summed E-state index contributed by atoms with van der Waals surface area (Å²) in [5.74, 6) is 0.212. The highest BCUT2D eigenvalue weighted by molar-refractivity contribution is 7.92. The van der Waals surface area contributed by atoms with Crippen molar-refractivity contribution < 1.29 is 32.2 Å². The maximum Gasteiger partial charge on any atom is 0.264 e. The smallest absolute Gasteiger partial charge is 0.264 e. The summed E-state index contributed by atoms with van der Waals surface area (Å²) in [6.45, 7) is 9.34. The molecule has 4 aromatic carbocycles. The summed E-state index contributed by atoms with van der Waals surface area (Å²) in [7, 11) is -1.49. The fourth-order valence-corrected chi connectivity index (χ4v) is 6.95. The Bertz CT molecular complexity index is 1860. The third kappa shape index (κ3) is 9.78. The lowest BCUT2D eigenvalue weighted by atomic mass is 10.0. The molecule has 0 saturated carbocycles. The summed E-state index contributed by atoms with van der Waals surface area (Å²) in [6, 6.07) is 26.9. The van der Waals surface area contributed by atoms with E-state index in [1.165, 1.54) is 37.3 Å². The van der Waals surface area contributed by atoms with Crippen LogP contribution in [-0.2, 0) is 32.6 Å². The fourth-order valence-electron chi connectivity index (χ4n) is 5.52. The summed E-state index contributed by atoms with van der Waals surface area (Å²) >= 11 is 0. The van der Waals surface area contributed by atoms with E-state index >= 15 is 0 Å². The third-order valence-corrected chi connectivity index (χ3v) is 9.63. The molecule has 1 unspecified atom stereocenters. The van der Waals surface area contributed by atoms with Gasteiger partial charge in [-0.15, -0.1) is 0 Å². The van der Waals surface area contributed by atoms with E-state index in [2.05, 4.69) is 5.32 Å². The van der Waals surface area contributed by atoms with Gasteiger partial charge in [0.05, 0.1) is 31.4 Å². The van der Waals surface area contributed by atoms with Crippen molar-refractivity contribution in [3.63, 3.8) is 0 Å². The van der Waals surface area contributed by atoms with Crippen LogP contribution < -0.4 is 23.8 Å². The van der Waals surface area contributed by atoms with Crippen LogP contribution in [0.3, 0.4) is 0 Å². The van der Waals surface area contributed by atoms with E-state index in [9.17, 15) is 18.0 Å². The predicted molar refractivity (Wildman–Crippen MR) is 195 cm³/mol. The van der Waals surface area contributed by atoms with Gasteiger partial charge in [-0.05, 0) is 82.1 Å². The van der Waals surface area contributed by atoms with Gasteiger partial charge in [0.1, 0.15) is 18.3 Å². The van der Waals surface area contributed by atoms with Crippen LogP contribution in [0.15, 0.2) is 102 Å². The Morgan fingerprint density at radius 3 is 2.08 bits per heavy atom. The molecular formula is C39H47N3O7S. The average Bonchev–Trinajstić information content (AvgIpc) is 3.08. The van der Waals surface area contributed by atoms with Crippen LogP contribution in [0, 0.1) is 6.92 Å². The van der Waals surface area contributed by atoms with Gasteiger partial charge in [-0.25, -0.2) is 8.42 Å². The summed E-state index contributed by atoms with van der Waals surface area (Å²) in [6.07, 6.45) is 0.214. The lowest BCUT2D eigenvalue weighted by Gasteiger charge is -2.35. The highest BCUT2D eigenvalue weighted by Gasteiger charge is 2.36. The van der Waals surface area contributed by atoms with Gasteiger partial charge in [-0.3, -0.25) is 13.9 Å². The minimum atomic E-state index is -4.37. The molecule has 0 aliphatic heterocycles. The monoisotopic (exact) mass is 701 g/mol. The van der Waals surface area contributed by atoms with Crippen molar-refractivity contribution in [2.24, 2.45) is 0 Å². The average molecular weight is 702 g/mol. The first-order valence-electron chi connectivity index (χ1n) is 16.4. The molecule has 11 heteroatoms. The second-order valence-corrected chi connectivity index (χ2v) is 14.8. The Morgan fingerprint density at radius 1 is 0.820 bits per heavy atom. The number of nitrogens with zero attached hydrogens (tertiary/aromatic N) is 2. The van der Waals surface area contributed by atoms with Gasteiger partial charge in [0, 0.05) is 24.6 Å². The number of anilines is 1. The molecule has 0 spiro atoms. The van der Waals surface area contributed by atoms with E-state index in [4.69, 9.17) is 14.2 Å². The normalized spacial score (nSPS) is 12.1. The SMILES string of the molecule is CCOc1ccc(N(CC(=O)N(Cc2cccc(C)c2)C(Cc2ccccc2)C(=O)NC(C)(C)C)S(=O)(=O)c2ccc(OC)c(OC)c2)cc1. The summed E-state index contributed by atoms with van der Waals surface area (Å²) in [5.41, 5.74) is 2.29. The number of aryl methyl sites for hydroxylation is 1. The topological polar surface area (TPSA) is 114 Å². The van der Waals surface area contributed by atoms with Gasteiger partial charge < -0.3 is 24.4 Å². The summed E-state index contributed by atoms with van der Waals surface area (Å²) in [5, 5.41) is 3.05. The Morgan fingerprint density at radius 2 is 1.48 bits per heavy atom. The number of nitrogens with one attached hydrogen (secondary N) is 1. The Hall–Kier alpha value is -5.03. The number of sulfonamides is 1. The Balaban J connectivity index is 1.85. The lowest BCUT2D eigenvalue weighted by molar-refractivity contribution is -0.140. The second kappa shape index (κ2) is 16.6. The first-order valence-corrected chi connectivity index (χ1v) is 17.9. The zero-order valence-corrected chi connectivity index (χ0v) is 30.6. The molecule has 4 rings (SSSR count). The lowest BCUT2D eigenvalue weighted by Crippen LogP contribution is -2.56. The van der Waals surface area contributed by atoms with E-state index in [1.54, 1.807) is 24.3 Å². The van der Waals surface area contributed by atoms with Crippen LogP contribution >= 0.6 is 0 Å². The number of hydrogen-bond donors (Lipinski definition) is 1. The Labute approximate surface area is 296 Å². The minimum absolute atomic E-state index is 0.0725. The van der Waals surface area contributed by atoms with Gasteiger partial charge in [-0.2, -0.15) is 0 Å². The van der Waals surface area contributed by atoms with Crippen molar-refractivity contribution in [3.8, 4) is 17.2 Å². The molecule has 4 aromatic rings. The van der Waals surface area contributed by atoms with E-state index in [0.717, 1.165) is 21.0 Å². The van der Waals surface area contributed by atoms with Gasteiger partial charge in [0.25, 0.3) is 10.0 Å². The van der Waals surface area contributed by atoms with Crippen LogP contribution in [0.25, 0.3) is 0 Å². The molecule has 0 saturated heterocycles. The molecule has 2 amide bonds. The molecule has 0 heterocycles. The van der Waals surface area contributed by atoms with Crippen molar-refractivity contribution in [2.75, 3.05) is 31.7 Å². The molecule has 0 bridgehead atoms. The fraction of sp³-hybridized carbons (Fsp3) is 0.333. The summed E-state index contributed by atoms with van der Waals surface area (Å²) in [4.78, 5) is 30.2. The minimum Gasteiger partial charge on any atom is -0.494 e. The number of rotatable bonds is 15. The molecule has 1 atom stereocenters. The molecule has 0 radical (unpaired) electrons. The van der Waals surface area contributed by atoms with E-state index < -0.39 is 34.1 Å². The molecule has 50 heavy (non-hydrogen) atoms. The van der Waals surface area contributed by atoms with Crippen LogP contribution in [-0.4, -0.2) is 64.1 Å². The first-order chi connectivity index (χ1) is 23.7. The molecule has 0 aliphatic rings. The van der Waals surface area contributed by atoms with E-state index in [0.29, 0.717) is 18.1 Å². The number of carbonyl (C=O) groups is 2. The van der Waals surface area contributed by atoms with Crippen molar-refractivity contribution >= 4 is 27.5 Å². The van der Waals surface area contributed by atoms with Crippen molar-refractivity contribution in [1.82, 2.24) is 10.2 Å². The van der Waals surface area contributed by atoms with Crippen molar-refractivity contribution in [1.29, 1.82) is 0 Å². The zero-order chi connectivity index (χ0) is 36.5. The molecule has 0 fully saturated rings. The first kappa shape index (κ1) is 37.8. The number of amides is 2. The number of ether oxygens (including phenoxy) is 3. The third-order valence-electron chi connectivity index (χ3n) is 7.86.